The number of carbonyl (C=O) groups excluding carboxylic acids is 3. The van der Waals surface area contributed by atoms with E-state index in [1.165, 1.54) is 18.4 Å². The quantitative estimate of drug-likeness (QED) is 0.435. The summed E-state index contributed by atoms with van der Waals surface area (Å²) in [5.74, 6) is -0.0476. The van der Waals surface area contributed by atoms with Crippen molar-refractivity contribution in [2.75, 3.05) is 20.3 Å². The number of nitrogens with one attached hydrogen (secondary N) is 2. The molecular formula is C30H42ClN3O6. The molecule has 1 aliphatic carbocycles. The van der Waals surface area contributed by atoms with Crippen molar-refractivity contribution in [1.82, 2.24) is 15.7 Å². The summed E-state index contributed by atoms with van der Waals surface area (Å²) < 4.78 is 10.6. The maximum atomic E-state index is 14.1. The average molecular weight is 576 g/mol. The fourth-order valence-corrected chi connectivity index (χ4v) is 6.14. The maximum absolute atomic E-state index is 14.1. The van der Waals surface area contributed by atoms with Gasteiger partial charge in [-0.2, -0.15) is 0 Å². The van der Waals surface area contributed by atoms with Crippen LogP contribution < -0.4 is 15.5 Å². The zero-order valence-corrected chi connectivity index (χ0v) is 24.9. The van der Waals surface area contributed by atoms with Crippen molar-refractivity contribution < 1.29 is 28.7 Å². The lowest BCUT2D eigenvalue weighted by Gasteiger charge is -2.35. The number of likely N-dealkylation sites (tertiary alicyclic amines) is 1. The molecule has 2 heterocycles. The number of carbonyl (C=O) groups is 3. The van der Waals surface area contributed by atoms with Crippen molar-refractivity contribution in [2.24, 2.45) is 11.3 Å². The molecule has 0 bridgehead atoms. The van der Waals surface area contributed by atoms with Crippen LogP contribution in [0.5, 0.6) is 5.75 Å². The summed E-state index contributed by atoms with van der Waals surface area (Å²) in [6.45, 7) is 8.25. The van der Waals surface area contributed by atoms with Crippen LogP contribution in [0.4, 0.5) is 0 Å². The van der Waals surface area contributed by atoms with E-state index in [-0.39, 0.29) is 24.8 Å². The fraction of sp³-hybridized carbons (Fsp3) is 0.633. The second kappa shape index (κ2) is 12.4. The molecule has 1 saturated heterocycles. The molecule has 0 aromatic heterocycles. The summed E-state index contributed by atoms with van der Waals surface area (Å²) >= 11 is 6.40. The smallest absolute Gasteiger partial charge is 0.328 e. The normalized spacial score (nSPS) is 23.9. The average Bonchev–Trinajstić information content (AvgIpc) is 3.51. The monoisotopic (exact) mass is 575 g/mol. The third-order valence-electron chi connectivity index (χ3n) is 8.04. The predicted octanol–water partition coefficient (Wildman–Crippen LogP) is 4.63. The molecule has 0 radical (unpaired) electrons. The lowest BCUT2D eigenvalue weighted by molar-refractivity contribution is -0.153. The largest absolute Gasteiger partial charge is 0.492 e. The third-order valence-corrected chi connectivity index (χ3v) is 8.34. The van der Waals surface area contributed by atoms with Crippen LogP contribution in [0.25, 0.3) is 5.70 Å². The van der Waals surface area contributed by atoms with Crippen molar-refractivity contribution in [3.05, 3.63) is 34.9 Å². The highest BCUT2D eigenvalue weighted by atomic mass is 35.5. The Morgan fingerprint density at radius 1 is 1.23 bits per heavy atom. The van der Waals surface area contributed by atoms with E-state index in [2.05, 4.69) is 10.8 Å². The number of nitrogens with zero attached hydrogens (tertiary/aromatic N) is 1. The van der Waals surface area contributed by atoms with Gasteiger partial charge in [0, 0.05) is 18.4 Å². The van der Waals surface area contributed by atoms with Gasteiger partial charge in [-0.25, -0.2) is 4.79 Å². The van der Waals surface area contributed by atoms with Crippen LogP contribution in [-0.4, -0.2) is 60.6 Å². The number of rotatable bonds is 8. The minimum atomic E-state index is -0.955. The lowest BCUT2D eigenvalue weighted by Crippen LogP contribution is -2.57. The number of esters is 1. The highest BCUT2D eigenvalue weighted by Crippen LogP contribution is 2.40. The van der Waals surface area contributed by atoms with E-state index in [1.807, 2.05) is 39.8 Å². The zero-order valence-electron chi connectivity index (χ0n) is 24.2. The van der Waals surface area contributed by atoms with E-state index in [9.17, 15) is 14.4 Å². The molecule has 40 heavy (non-hydrogen) atoms. The molecule has 3 aliphatic rings. The first-order valence-corrected chi connectivity index (χ1v) is 14.6. The molecular weight excluding hydrogens is 534 g/mol. The van der Waals surface area contributed by atoms with E-state index in [1.54, 1.807) is 12.1 Å². The molecule has 3 atom stereocenters. The summed E-state index contributed by atoms with van der Waals surface area (Å²) in [6.07, 6.45) is 8.08. The third kappa shape index (κ3) is 6.74. The number of halogens is 1. The van der Waals surface area contributed by atoms with Gasteiger partial charge in [-0.3, -0.25) is 19.9 Å². The first-order valence-electron chi connectivity index (χ1n) is 14.2. The minimum Gasteiger partial charge on any atom is -0.492 e. The maximum Gasteiger partial charge on any atom is 0.328 e. The summed E-state index contributed by atoms with van der Waals surface area (Å²) in [6, 6.07) is 3.76. The van der Waals surface area contributed by atoms with Gasteiger partial charge in [-0.15, -0.1) is 0 Å². The Bertz CT molecular complexity index is 1140. The van der Waals surface area contributed by atoms with Crippen LogP contribution >= 0.6 is 11.6 Å². The van der Waals surface area contributed by atoms with Crippen LogP contribution in [0.2, 0.25) is 5.02 Å². The predicted molar refractivity (Wildman–Crippen MR) is 152 cm³/mol. The summed E-state index contributed by atoms with van der Waals surface area (Å²) in [4.78, 5) is 47.5. The minimum absolute atomic E-state index is 0.123. The molecule has 1 aromatic carbocycles. The standard InChI is InChI=1S/C30H42ClN3O6/c1-6-39-24-13-12-20(15-21(24)31)22-16-30(40-33-22)17-23(28(37)38-5)34(18-30)27(36)26(29(2,3)4)32-25(35)14-19-10-8-7-9-11-19/h12-13,15-16,19,23,26,33H,6-11,14,17-18H2,1-5H3,(H,32,35)/t23-,26+,30+/m0/s1. The van der Waals surface area contributed by atoms with Crippen LogP contribution in [0.1, 0.15) is 78.2 Å². The second-order valence-electron chi connectivity index (χ2n) is 12.2. The first-order chi connectivity index (χ1) is 19.0. The Morgan fingerprint density at radius 2 is 1.95 bits per heavy atom. The number of amides is 2. The van der Waals surface area contributed by atoms with E-state index in [4.69, 9.17) is 25.9 Å². The van der Waals surface area contributed by atoms with Crippen molar-refractivity contribution in [3.8, 4) is 5.75 Å². The molecule has 2 aliphatic heterocycles. The number of hydrogen-bond acceptors (Lipinski definition) is 7. The van der Waals surface area contributed by atoms with E-state index in [0.29, 0.717) is 35.4 Å². The van der Waals surface area contributed by atoms with Crippen LogP contribution in [0.3, 0.4) is 0 Å². The highest BCUT2D eigenvalue weighted by molar-refractivity contribution is 6.32. The topological polar surface area (TPSA) is 106 Å². The van der Waals surface area contributed by atoms with Crippen molar-refractivity contribution >= 4 is 35.1 Å². The molecule has 9 nitrogen and oxygen atoms in total. The number of hydrogen-bond donors (Lipinski definition) is 2. The second-order valence-corrected chi connectivity index (χ2v) is 12.6. The summed E-state index contributed by atoms with van der Waals surface area (Å²) in [7, 11) is 1.31. The Kier molecular flexibility index (Phi) is 9.35. The van der Waals surface area contributed by atoms with Gasteiger partial charge >= 0.3 is 5.97 Å². The fourth-order valence-electron chi connectivity index (χ4n) is 5.91. The van der Waals surface area contributed by atoms with Gasteiger partial charge in [0.15, 0.2) is 0 Å². The Morgan fingerprint density at radius 3 is 2.58 bits per heavy atom. The zero-order chi connectivity index (χ0) is 29.1. The molecule has 0 unspecified atom stereocenters. The van der Waals surface area contributed by atoms with Crippen LogP contribution in [0.15, 0.2) is 24.3 Å². The van der Waals surface area contributed by atoms with Gasteiger partial charge in [0.25, 0.3) is 0 Å². The number of ether oxygens (including phenoxy) is 2. The summed E-state index contributed by atoms with van der Waals surface area (Å²) in [5, 5.41) is 3.48. The molecule has 1 spiro atoms. The number of methoxy groups -OCH3 is 1. The Balaban J connectivity index is 1.55. The Hall–Kier alpha value is -2.78. The van der Waals surface area contributed by atoms with Crippen molar-refractivity contribution in [2.45, 2.75) is 90.3 Å². The van der Waals surface area contributed by atoms with Gasteiger partial charge in [-0.1, -0.05) is 51.6 Å². The van der Waals surface area contributed by atoms with E-state index < -0.39 is 29.1 Å². The van der Waals surface area contributed by atoms with Gasteiger partial charge in [0.05, 0.1) is 31.0 Å². The van der Waals surface area contributed by atoms with Gasteiger partial charge in [0.2, 0.25) is 11.8 Å². The number of benzene rings is 1. The molecule has 4 rings (SSSR count). The number of hydroxylamine groups is 1. The van der Waals surface area contributed by atoms with Gasteiger partial charge in [0.1, 0.15) is 23.4 Å². The molecule has 1 aromatic rings. The SMILES string of the molecule is CCOc1ccc(C2=C[C@]3(C[C@@H](C(=O)OC)N(C(=O)[C@@H](NC(=O)CC4CCCCC4)C(C)(C)C)C3)ON2)cc1Cl. The molecule has 220 valence electrons. The lowest BCUT2D eigenvalue weighted by atomic mass is 9.84. The molecule has 10 heteroatoms. The van der Waals surface area contributed by atoms with Crippen LogP contribution in [-0.2, 0) is 24.0 Å². The summed E-state index contributed by atoms with van der Waals surface area (Å²) in [5.41, 5.74) is 2.89. The van der Waals surface area contributed by atoms with E-state index in [0.717, 1.165) is 31.2 Å². The van der Waals surface area contributed by atoms with E-state index >= 15 is 0 Å². The van der Waals surface area contributed by atoms with Crippen molar-refractivity contribution in [3.63, 3.8) is 0 Å². The first kappa shape index (κ1) is 30.2. The molecule has 1 saturated carbocycles. The highest BCUT2D eigenvalue weighted by Gasteiger charge is 2.54. The van der Waals surface area contributed by atoms with Gasteiger partial charge in [-0.05, 0) is 55.4 Å². The van der Waals surface area contributed by atoms with Crippen molar-refractivity contribution in [1.29, 1.82) is 0 Å². The molecule has 2 amide bonds. The Labute approximate surface area is 241 Å². The van der Waals surface area contributed by atoms with Crippen LogP contribution in [0, 0.1) is 11.3 Å². The molecule has 2 N–H and O–H groups in total. The van der Waals surface area contributed by atoms with Gasteiger partial charge < -0.3 is 19.7 Å². The molecule has 2 fully saturated rings.